The van der Waals surface area contributed by atoms with E-state index in [0.717, 1.165) is 5.56 Å². The lowest BCUT2D eigenvalue weighted by Crippen LogP contribution is -2.29. The standard InChI is InChI=1S/C18H22N2O5S/c1-13(2)15-6-4-5-7-17(15)25-11-10-19-26(23,24)18-9-8-14(3)12-16(18)20(21)22/h4-9,12-13,19H,10-11H2,1-3H3. The average Bonchev–Trinajstić information content (AvgIpc) is 2.58. The average molecular weight is 378 g/mol. The molecule has 0 amide bonds. The Morgan fingerprint density at radius 2 is 1.88 bits per heavy atom. The number of nitro groups is 1. The van der Waals surface area contributed by atoms with Crippen molar-refractivity contribution < 1.29 is 18.1 Å². The summed E-state index contributed by atoms with van der Waals surface area (Å²) < 4.78 is 32.8. The van der Waals surface area contributed by atoms with E-state index in [1.54, 1.807) is 6.92 Å². The summed E-state index contributed by atoms with van der Waals surface area (Å²) in [6, 6.07) is 11.6. The molecule has 2 rings (SSSR count). The number of nitrogens with zero attached hydrogens (tertiary/aromatic N) is 1. The van der Waals surface area contributed by atoms with Crippen LogP contribution in [0.15, 0.2) is 47.4 Å². The van der Waals surface area contributed by atoms with E-state index in [-0.39, 0.29) is 24.0 Å². The normalized spacial score (nSPS) is 11.5. The quantitative estimate of drug-likeness (QED) is 0.431. The number of aryl methyl sites for hydroxylation is 1. The van der Waals surface area contributed by atoms with Gasteiger partial charge in [0.1, 0.15) is 12.4 Å². The van der Waals surface area contributed by atoms with Crippen molar-refractivity contribution in [2.45, 2.75) is 31.6 Å². The first-order chi connectivity index (χ1) is 12.2. The van der Waals surface area contributed by atoms with Crippen molar-refractivity contribution in [1.29, 1.82) is 0 Å². The molecule has 0 bridgehead atoms. The number of rotatable bonds is 8. The molecule has 0 saturated carbocycles. The van der Waals surface area contributed by atoms with Gasteiger partial charge in [0.05, 0.1) is 4.92 Å². The molecule has 0 aromatic heterocycles. The lowest BCUT2D eigenvalue weighted by atomic mass is 10.0. The van der Waals surface area contributed by atoms with Gasteiger partial charge in [-0.3, -0.25) is 10.1 Å². The first kappa shape index (κ1) is 19.9. The zero-order valence-corrected chi connectivity index (χ0v) is 15.7. The highest BCUT2D eigenvalue weighted by atomic mass is 32.2. The Bertz CT molecular complexity index is 894. The topological polar surface area (TPSA) is 98.5 Å². The molecule has 1 N–H and O–H groups in total. The van der Waals surface area contributed by atoms with Crippen LogP contribution in [0, 0.1) is 17.0 Å². The Labute approximate surface area is 153 Å². The molecule has 26 heavy (non-hydrogen) atoms. The van der Waals surface area contributed by atoms with Crippen LogP contribution in [-0.2, 0) is 10.0 Å². The van der Waals surface area contributed by atoms with Gasteiger partial charge in [-0.1, -0.05) is 38.1 Å². The number of para-hydroxylation sites is 1. The molecule has 140 valence electrons. The zero-order valence-electron chi connectivity index (χ0n) is 14.9. The van der Waals surface area contributed by atoms with Gasteiger partial charge in [-0.15, -0.1) is 0 Å². The largest absolute Gasteiger partial charge is 0.492 e. The van der Waals surface area contributed by atoms with Crippen LogP contribution in [0.1, 0.15) is 30.9 Å². The Hall–Kier alpha value is -2.45. The Morgan fingerprint density at radius 3 is 2.54 bits per heavy atom. The summed E-state index contributed by atoms with van der Waals surface area (Å²) in [5, 5.41) is 11.1. The van der Waals surface area contributed by atoms with E-state index in [9.17, 15) is 18.5 Å². The number of hydrogen-bond donors (Lipinski definition) is 1. The second-order valence-corrected chi connectivity index (χ2v) is 7.90. The third kappa shape index (κ3) is 4.80. The first-order valence-corrected chi connectivity index (χ1v) is 9.67. The second-order valence-electron chi connectivity index (χ2n) is 6.17. The van der Waals surface area contributed by atoms with Gasteiger partial charge in [0, 0.05) is 12.6 Å². The molecule has 0 atom stereocenters. The number of nitrogens with one attached hydrogen (secondary N) is 1. The molecule has 0 saturated heterocycles. The van der Waals surface area contributed by atoms with Gasteiger partial charge in [0.25, 0.3) is 5.69 Å². The molecule has 0 aliphatic rings. The van der Waals surface area contributed by atoms with Gasteiger partial charge < -0.3 is 4.74 Å². The summed E-state index contributed by atoms with van der Waals surface area (Å²) in [6.07, 6.45) is 0. The summed E-state index contributed by atoms with van der Waals surface area (Å²) in [7, 11) is -4.01. The third-order valence-corrected chi connectivity index (χ3v) is 5.30. The minimum Gasteiger partial charge on any atom is -0.492 e. The molecule has 8 heteroatoms. The smallest absolute Gasteiger partial charge is 0.289 e. The summed E-state index contributed by atoms with van der Waals surface area (Å²) in [5.41, 5.74) is 1.21. The summed E-state index contributed by atoms with van der Waals surface area (Å²) in [6.45, 7) is 5.86. The lowest BCUT2D eigenvalue weighted by Gasteiger charge is -2.14. The maximum absolute atomic E-state index is 12.4. The molecule has 2 aromatic carbocycles. The molecule has 0 aliphatic carbocycles. The van der Waals surface area contributed by atoms with Crippen LogP contribution in [0.5, 0.6) is 5.75 Å². The number of nitro benzene ring substituents is 1. The van der Waals surface area contributed by atoms with Crippen LogP contribution in [-0.4, -0.2) is 26.5 Å². The van der Waals surface area contributed by atoms with Gasteiger partial charge in [-0.2, -0.15) is 0 Å². The zero-order chi connectivity index (χ0) is 19.3. The molecule has 0 aliphatic heterocycles. The van der Waals surface area contributed by atoms with Crippen molar-refractivity contribution in [2.24, 2.45) is 0 Å². The summed E-state index contributed by atoms with van der Waals surface area (Å²) in [4.78, 5) is 10.1. The molecule has 0 spiro atoms. The number of benzene rings is 2. The fraction of sp³-hybridized carbons (Fsp3) is 0.333. The fourth-order valence-electron chi connectivity index (χ4n) is 2.50. The van der Waals surface area contributed by atoms with Crippen LogP contribution in [0.25, 0.3) is 0 Å². The van der Waals surface area contributed by atoms with Crippen LogP contribution in [0.3, 0.4) is 0 Å². The van der Waals surface area contributed by atoms with E-state index in [0.29, 0.717) is 11.3 Å². The van der Waals surface area contributed by atoms with Gasteiger partial charge in [0.2, 0.25) is 10.0 Å². The molecule has 7 nitrogen and oxygen atoms in total. The van der Waals surface area contributed by atoms with Gasteiger partial charge in [-0.25, -0.2) is 13.1 Å². The second kappa shape index (κ2) is 8.29. The minimum atomic E-state index is -4.01. The number of hydrogen-bond acceptors (Lipinski definition) is 5. The van der Waals surface area contributed by atoms with Crippen LogP contribution in [0.4, 0.5) is 5.69 Å². The van der Waals surface area contributed by atoms with E-state index in [1.165, 1.54) is 18.2 Å². The van der Waals surface area contributed by atoms with Crippen molar-refractivity contribution in [3.63, 3.8) is 0 Å². The Balaban J connectivity index is 2.05. The number of ether oxygens (including phenoxy) is 1. The van der Waals surface area contributed by atoms with Crippen molar-refractivity contribution >= 4 is 15.7 Å². The van der Waals surface area contributed by atoms with E-state index in [1.807, 2.05) is 38.1 Å². The van der Waals surface area contributed by atoms with Crippen LogP contribution >= 0.6 is 0 Å². The molecule has 0 fully saturated rings. The number of sulfonamides is 1. The van der Waals surface area contributed by atoms with E-state index >= 15 is 0 Å². The predicted octanol–water partition coefficient (Wildman–Crippen LogP) is 3.38. The highest BCUT2D eigenvalue weighted by Gasteiger charge is 2.25. The minimum absolute atomic E-state index is 0.000205. The Kier molecular flexibility index (Phi) is 6.33. The van der Waals surface area contributed by atoms with Crippen molar-refractivity contribution in [3.05, 3.63) is 63.7 Å². The van der Waals surface area contributed by atoms with E-state index in [4.69, 9.17) is 4.74 Å². The SMILES string of the molecule is Cc1ccc(S(=O)(=O)NCCOc2ccccc2C(C)C)c([N+](=O)[O-])c1. The molecular weight excluding hydrogens is 356 g/mol. The van der Waals surface area contributed by atoms with Crippen LogP contribution < -0.4 is 9.46 Å². The highest BCUT2D eigenvalue weighted by molar-refractivity contribution is 7.89. The van der Waals surface area contributed by atoms with Crippen molar-refractivity contribution in [3.8, 4) is 5.75 Å². The predicted molar refractivity (Wildman–Crippen MR) is 99.0 cm³/mol. The van der Waals surface area contributed by atoms with E-state index in [2.05, 4.69) is 4.72 Å². The maximum Gasteiger partial charge on any atom is 0.289 e. The fourth-order valence-corrected chi connectivity index (χ4v) is 3.66. The van der Waals surface area contributed by atoms with Crippen LogP contribution in [0.2, 0.25) is 0 Å². The van der Waals surface area contributed by atoms with E-state index < -0.39 is 20.6 Å². The van der Waals surface area contributed by atoms with Gasteiger partial charge in [-0.05, 0) is 36.1 Å². The van der Waals surface area contributed by atoms with Crippen molar-refractivity contribution in [1.82, 2.24) is 4.72 Å². The van der Waals surface area contributed by atoms with Gasteiger partial charge >= 0.3 is 0 Å². The Morgan fingerprint density at radius 1 is 1.19 bits per heavy atom. The molecule has 2 aromatic rings. The molecule has 0 unspecified atom stereocenters. The summed E-state index contributed by atoms with van der Waals surface area (Å²) >= 11 is 0. The third-order valence-electron chi connectivity index (χ3n) is 3.79. The summed E-state index contributed by atoms with van der Waals surface area (Å²) in [5.74, 6) is 0.973. The molecule has 0 radical (unpaired) electrons. The first-order valence-electron chi connectivity index (χ1n) is 8.19. The van der Waals surface area contributed by atoms with Gasteiger partial charge in [0.15, 0.2) is 4.90 Å². The molecule has 0 heterocycles. The lowest BCUT2D eigenvalue weighted by molar-refractivity contribution is -0.387. The maximum atomic E-state index is 12.4. The van der Waals surface area contributed by atoms with Crippen molar-refractivity contribution in [2.75, 3.05) is 13.2 Å². The monoisotopic (exact) mass is 378 g/mol. The highest BCUT2D eigenvalue weighted by Crippen LogP contribution is 2.26. The molecular formula is C18H22N2O5S.